The van der Waals surface area contributed by atoms with Crippen LogP contribution in [0.5, 0.6) is 5.75 Å². The smallest absolute Gasteiger partial charge is 0.275 e. The Hall–Kier alpha value is -1.41. The third-order valence-corrected chi connectivity index (χ3v) is 3.60. The molecular weight excluding hydrogens is 435 g/mol. The summed E-state index contributed by atoms with van der Waals surface area (Å²) < 4.78 is 1.80. The summed E-state index contributed by atoms with van der Waals surface area (Å²) in [6.45, 7) is 0. The van der Waals surface area contributed by atoms with Gasteiger partial charge >= 0.3 is 0 Å². The minimum atomic E-state index is -0.452. The first kappa shape index (κ1) is 15.0. The molecule has 0 aliphatic heterocycles. The van der Waals surface area contributed by atoms with E-state index in [9.17, 15) is 9.90 Å². The van der Waals surface area contributed by atoms with Gasteiger partial charge in [-0.15, -0.1) is 0 Å². The molecule has 2 N–H and O–H groups in total. The number of carbonyl (C=O) groups is 1. The highest BCUT2D eigenvalue weighted by Gasteiger charge is 2.10. The van der Waals surface area contributed by atoms with Crippen LogP contribution in [0.1, 0.15) is 15.9 Å². The Kier molecular flexibility index (Phi) is 5.13. The minimum Gasteiger partial charge on any atom is -0.507 e. The second-order valence-corrected chi connectivity index (χ2v) is 6.08. The third-order valence-electron chi connectivity index (χ3n) is 2.43. The van der Waals surface area contributed by atoms with E-state index in [1.807, 2.05) is 24.3 Å². The van der Waals surface area contributed by atoms with Gasteiger partial charge in [-0.2, -0.15) is 5.10 Å². The molecular formula is C14H10BrIN2O2. The maximum Gasteiger partial charge on any atom is 0.275 e. The van der Waals surface area contributed by atoms with Crippen LogP contribution < -0.4 is 5.43 Å². The zero-order chi connectivity index (χ0) is 14.5. The highest BCUT2D eigenvalue weighted by atomic mass is 127. The Labute approximate surface area is 138 Å². The first-order valence-electron chi connectivity index (χ1n) is 5.64. The van der Waals surface area contributed by atoms with Gasteiger partial charge in [-0.05, 0) is 58.5 Å². The van der Waals surface area contributed by atoms with Gasteiger partial charge in [0.25, 0.3) is 5.91 Å². The molecule has 2 aromatic rings. The number of halogens is 2. The molecule has 0 saturated carbocycles. The zero-order valence-corrected chi connectivity index (χ0v) is 13.9. The van der Waals surface area contributed by atoms with Gasteiger partial charge in [0, 0.05) is 8.04 Å². The quantitative estimate of drug-likeness (QED) is 0.432. The van der Waals surface area contributed by atoms with Crippen molar-refractivity contribution in [3.8, 4) is 5.75 Å². The lowest BCUT2D eigenvalue weighted by Crippen LogP contribution is -2.17. The molecule has 102 valence electrons. The number of phenols is 1. The largest absolute Gasteiger partial charge is 0.507 e. The zero-order valence-electron chi connectivity index (χ0n) is 10.2. The topological polar surface area (TPSA) is 61.7 Å². The van der Waals surface area contributed by atoms with Crippen molar-refractivity contribution in [3.63, 3.8) is 0 Å². The lowest BCUT2D eigenvalue weighted by Gasteiger charge is -2.03. The summed E-state index contributed by atoms with van der Waals surface area (Å²) >= 11 is 5.43. The van der Waals surface area contributed by atoms with Crippen molar-refractivity contribution in [1.29, 1.82) is 0 Å². The van der Waals surface area contributed by atoms with Crippen LogP contribution >= 0.6 is 38.5 Å². The number of benzene rings is 2. The Balaban J connectivity index is 2.07. The fourth-order valence-electron chi connectivity index (χ4n) is 1.50. The van der Waals surface area contributed by atoms with E-state index in [1.54, 1.807) is 12.1 Å². The summed E-state index contributed by atoms with van der Waals surface area (Å²) in [6.07, 6.45) is 1.54. The van der Waals surface area contributed by atoms with E-state index in [2.05, 4.69) is 49.0 Å². The first-order valence-corrected chi connectivity index (χ1v) is 7.51. The van der Waals surface area contributed by atoms with Gasteiger partial charge < -0.3 is 5.11 Å². The van der Waals surface area contributed by atoms with Gasteiger partial charge in [-0.25, -0.2) is 5.43 Å². The predicted molar refractivity (Wildman–Crippen MR) is 90.0 cm³/mol. The number of nitrogens with zero attached hydrogens (tertiary/aromatic N) is 1. The van der Waals surface area contributed by atoms with E-state index in [0.717, 1.165) is 13.6 Å². The fourth-order valence-corrected chi connectivity index (χ4v) is 2.41. The average molecular weight is 445 g/mol. The molecule has 0 aromatic heterocycles. The minimum absolute atomic E-state index is 0.0689. The van der Waals surface area contributed by atoms with Crippen molar-refractivity contribution < 1.29 is 9.90 Å². The highest BCUT2D eigenvalue weighted by Crippen LogP contribution is 2.19. The van der Waals surface area contributed by atoms with Gasteiger partial charge in [-0.1, -0.05) is 28.1 Å². The van der Waals surface area contributed by atoms with E-state index in [1.165, 1.54) is 12.3 Å². The standard InChI is InChI=1S/C14H10BrIN2O2/c15-10-3-1-2-9(6-10)8-17-18-14(20)12-7-11(16)4-5-13(12)19/h1-8,19H,(H,18,20)/b17-8+. The number of amides is 1. The molecule has 2 aromatic carbocycles. The summed E-state index contributed by atoms with van der Waals surface area (Å²) in [5, 5.41) is 13.5. The summed E-state index contributed by atoms with van der Waals surface area (Å²) in [7, 11) is 0. The fraction of sp³-hybridized carbons (Fsp3) is 0. The molecule has 0 atom stereocenters. The molecule has 0 unspecified atom stereocenters. The normalized spacial score (nSPS) is 10.7. The van der Waals surface area contributed by atoms with E-state index in [-0.39, 0.29) is 11.3 Å². The van der Waals surface area contributed by atoms with Gasteiger partial charge in [0.15, 0.2) is 0 Å². The second-order valence-electron chi connectivity index (χ2n) is 3.92. The van der Waals surface area contributed by atoms with E-state index < -0.39 is 5.91 Å². The van der Waals surface area contributed by atoms with Crippen molar-refractivity contribution >= 4 is 50.6 Å². The van der Waals surface area contributed by atoms with Crippen molar-refractivity contribution in [2.24, 2.45) is 5.10 Å². The molecule has 0 radical (unpaired) electrons. The number of rotatable bonds is 3. The number of aromatic hydroxyl groups is 1. The summed E-state index contributed by atoms with van der Waals surface area (Å²) in [5.74, 6) is -0.521. The Morgan fingerprint density at radius 3 is 2.85 bits per heavy atom. The Morgan fingerprint density at radius 1 is 1.30 bits per heavy atom. The van der Waals surface area contributed by atoms with Crippen LogP contribution in [0.3, 0.4) is 0 Å². The van der Waals surface area contributed by atoms with Crippen LogP contribution in [0.4, 0.5) is 0 Å². The Morgan fingerprint density at radius 2 is 2.10 bits per heavy atom. The lowest BCUT2D eigenvalue weighted by atomic mass is 10.2. The Bertz CT molecular complexity index is 674. The number of hydrogen-bond acceptors (Lipinski definition) is 3. The van der Waals surface area contributed by atoms with E-state index >= 15 is 0 Å². The SMILES string of the molecule is O=C(N/N=C/c1cccc(Br)c1)c1cc(I)ccc1O. The molecule has 20 heavy (non-hydrogen) atoms. The van der Waals surface area contributed by atoms with Crippen LogP contribution in [0.2, 0.25) is 0 Å². The number of nitrogens with one attached hydrogen (secondary N) is 1. The molecule has 0 saturated heterocycles. The number of phenolic OH excluding ortho intramolecular Hbond substituents is 1. The molecule has 1 amide bonds. The summed E-state index contributed by atoms with van der Waals surface area (Å²) in [6, 6.07) is 12.3. The molecule has 0 fully saturated rings. The van der Waals surface area contributed by atoms with Crippen LogP contribution in [-0.4, -0.2) is 17.2 Å². The van der Waals surface area contributed by atoms with Crippen LogP contribution in [0, 0.1) is 3.57 Å². The van der Waals surface area contributed by atoms with Crippen LogP contribution in [0.25, 0.3) is 0 Å². The van der Waals surface area contributed by atoms with E-state index in [4.69, 9.17) is 0 Å². The lowest BCUT2D eigenvalue weighted by molar-refractivity contribution is 0.0952. The summed E-state index contributed by atoms with van der Waals surface area (Å²) in [5.41, 5.74) is 3.44. The highest BCUT2D eigenvalue weighted by molar-refractivity contribution is 14.1. The maximum atomic E-state index is 11.9. The van der Waals surface area contributed by atoms with Crippen molar-refractivity contribution in [2.45, 2.75) is 0 Å². The number of carbonyl (C=O) groups excluding carboxylic acids is 1. The molecule has 4 nitrogen and oxygen atoms in total. The molecule has 0 aliphatic rings. The molecule has 0 heterocycles. The molecule has 0 spiro atoms. The summed E-state index contributed by atoms with van der Waals surface area (Å²) in [4.78, 5) is 11.9. The third kappa shape index (κ3) is 4.04. The van der Waals surface area contributed by atoms with Gasteiger partial charge in [-0.3, -0.25) is 4.79 Å². The number of hydrazone groups is 1. The number of hydrogen-bond donors (Lipinski definition) is 2. The predicted octanol–water partition coefficient (Wildman–Crippen LogP) is 3.52. The second kappa shape index (κ2) is 6.85. The van der Waals surface area contributed by atoms with Gasteiger partial charge in [0.2, 0.25) is 0 Å². The molecule has 6 heteroatoms. The van der Waals surface area contributed by atoms with E-state index in [0.29, 0.717) is 0 Å². The van der Waals surface area contributed by atoms with Crippen LogP contribution in [-0.2, 0) is 0 Å². The van der Waals surface area contributed by atoms with Gasteiger partial charge in [0.05, 0.1) is 11.8 Å². The van der Waals surface area contributed by atoms with Crippen LogP contribution in [0.15, 0.2) is 52.0 Å². The molecule has 0 bridgehead atoms. The van der Waals surface area contributed by atoms with Crippen molar-refractivity contribution in [2.75, 3.05) is 0 Å². The van der Waals surface area contributed by atoms with Crippen molar-refractivity contribution in [3.05, 3.63) is 61.6 Å². The average Bonchev–Trinajstić information content (AvgIpc) is 2.41. The van der Waals surface area contributed by atoms with Crippen molar-refractivity contribution in [1.82, 2.24) is 5.43 Å². The van der Waals surface area contributed by atoms with Gasteiger partial charge in [0.1, 0.15) is 5.75 Å². The molecule has 2 rings (SSSR count). The maximum absolute atomic E-state index is 11.9. The molecule has 0 aliphatic carbocycles. The monoisotopic (exact) mass is 444 g/mol. The first-order chi connectivity index (χ1) is 9.56.